The molecule has 0 saturated carbocycles. The van der Waals surface area contributed by atoms with Gasteiger partial charge in [0.15, 0.2) is 0 Å². The molecule has 2 aromatic carbocycles. The molecule has 1 aromatic heterocycles. The van der Waals surface area contributed by atoms with Crippen molar-refractivity contribution in [1.29, 1.82) is 0 Å². The number of hydrogen-bond acceptors (Lipinski definition) is 5. The van der Waals surface area contributed by atoms with Gasteiger partial charge in [0.1, 0.15) is 33.1 Å². The number of aromatic nitrogens is 2. The van der Waals surface area contributed by atoms with Crippen molar-refractivity contribution in [2.45, 2.75) is 9.79 Å². The van der Waals surface area contributed by atoms with Gasteiger partial charge >= 0.3 is 5.69 Å². The molecule has 1 heterocycles. The summed E-state index contributed by atoms with van der Waals surface area (Å²) in [6, 6.07) is 2.88. The minimum absolute atomic E-state index is 0.167. The Balaban J connectivity index is 2.21. The maximum Gasteiger partial charge on any atom is 0.356 e. The van der Waals surface area contributed by atoms with E-state index in [0.29, 0.717) is 48.8 Å². The average molecular weight is 436 g/mol. The van der Waals surface area contributed by atoms with Crippen LogP contribution in [0.1, 0.15) is 0 Å². The number of nitrogens with zero attached hydrogens (tertiary/aromatic N) is 2. The van der Waals surface area contributed by atoms with Crippen LogP contribution in [-0.4, -0.2) is 24.8 Å². The first-order valence-corrected chi connectivity index (χ1v) is 10.1. The molecule has 0 unspecified atom stereocenters. The van der Waals surface area contributed by atoms with Gasteiger partial charge in [-0.1, -0.05) is 0 Å². The van der Waals surface area contributed by atoms with Crippen LogP contribution in [0.5, 0.6) is 0 Å². The molecule has 0 aliphatic carbocycles. The zero-order valence-corrected chi connectivity index (χ0v) is 15.0. The molecule has 148 valence electrons. The molecule has 0 N–H and O–H groups in total. The summed E-state index contributed by atoms with van der Waals surface area (Å²) in [6.07, 6.45) is 0.910. The van der Waals surface area contributed by atoms with Crippen LogP contribution in [0.25, 0.3) is 0 Å². The van der Waals surface area contributed by atoms with E-state index in [4.69, 9.17) is 0 Å². The first-order chi connectivity index (χ1) is 13.0. The molecule has 3 rings (SSSR count). The van der Waals surface area contributed by atoms with Crippen molar-refractivity contribution >= 4 is 20.0 Å². The molecule has 0 aliphatic heterocycles. The van der Waals surface area contributed by atoms with E-state index in [-0.39, 0.29) is 7.94 Å². The molecular formula is C15H8F4N2O5S2. The van der Waals surface area contributed by atoms with E-state index >= 15 is 0 Å². The van der Waals surface area contributed by atoms with Crippen LogP contribution in [0.15, 0.2) is 63.4 Å². The van der Waals surface area contributed by atoms with E-state index in [1.165, 1.54) is 0 Å². The third-order valence-corrected chi connectivity index (χ3v) is 6.90. The van der Waals surface area contributed by atoms with Crippen molar-refractivity contribution < 1.29 is 34.4 Å². The van der Waals surface area contributed by atoms with Gasteiger partial charge in [0.2, 0.25) is 0 Å². The Kier molecular flexibility index (Phi) is 4.67. The van der Waals surface area contributed by atoms with Gasteiger partial charge in [-0.25, -0.2) is 39.2 Å². The van der Waals surface area contributed by atoms with Gasteiger partial charge in [0, 0.05) is 12.4 Å². The zero-order chi connectivity index (χ0) is 20.9. The highest BCUT2D eigenvalue weighted by Gasteiger charge is 2.30. The van der Waals surface area contributed by atoms with Gasteiger partial charge in [0.05, 0.1) is 0 Å². The molecule has 0 bridgehead atoms. The predicted octanol–water partition coefficient (Wildman–Crippen LogP) is 1.68. The Labute approximate surface area is 155 Å². The lowest BCUT2D eigenvalue weighted by Gasteiger charge is -2.07. The minimum atomic E-state index is -5.03. The molecule has 0 amide bonds. The van der Waals surface area contributed by atoms with Crippen molar-refractivity contribution in [3.8, 4) is 0 Å². The van der Waals surface area contributed by atoms with Crippen LogP contribution < -0.4 is 5.69 Å². The lowest BCUT2D eigenvalue weighted by atomic mass is 10.3. The minimum Gasteiger partial charge on any atom is -0.245 e. The monoisotopic (exact) mass is 436 g/mol. The molecule has 3 aromatic rings. The number of hydrogen-bond donors (Lipinski definition) is 0. The van der Waals surface area contributed by atoms with Crippen molar-refractivity contribution in [2.24, 2.45) is 0 Å². The van der Waals surface area contributed by atoms with Crippen LogP contribution in [-0.2, 0) is 20.0 Å². The second-order valence-electron chi connectivity index (χ2n) is 5.33. The molecule has 0 saturated heterocycles. The number of halogens is 4. The molecule has 13 heteroatoms. The fraction of sp³-hybridized carbons (Fsp3) is 0. The van der Waals surface area contributed by atoms with E-state index in [1.807, 2.05) is 0 Å². The van der Waals surface area contributed by atoms with E-state index in [9.17, 15) is 39.2 Å². The highest BCUT2D eigenvalue weighted by atomic mass is 32.2. The first kappa shape index (κ1) is 19.8. The Hall–Kier alpha value is -2.93. The maximum atomic E-state index is 13.8. The van der Waals surface area contributed by atoms with Crippen molar-refractivity contribution in [2.75, 3.05) is 0 Å². The molecular weight excluding hydrogens is 428 g/mol. The summed E-state index contributed by atoms with van der Waals surface area (Å²) in [5.41, 5.74) is -1.74. The molecule has 0 fully saturated rings. The summed E-state index contributed by atoms with van der Waals surface area (Å²) in [4.78, 5) is 9.90. The Morgan fingerprint density at radius 2 is 1.00 bits per heavy atom. The van der Waals surface area contributed by atoms with Crippen LogP contribution in [0.3, 0.4) is 0 Å². The van der Waals surface area contributed by atoms with Crippen LogP contribution >= 0.6 is 0 Å². The van der Waals surface area contributed by atoms with Gasteiger partial charge in [0.25, 0.3) is 20.0 Å². The Morgan fingerprint density at radius 1 is 0.643 bits per heavy atom. The number of imidazole rings is 1. The summed E-state index contributed by atoms with van der Waals surface area (Å²) in [5, 5.41) is 0. The first-order valence-electron chi connectivity index (χ1n) is 7.17. The smallest absolute Gasteiger partial charge is 0.245 e. The van der Waals surface area contributed by atoms with Gasteiger partial charge in [-0.15, -0.1) is 0 Å². The van der Waals surface area contributed by atoms with Crippen molar-refractivity contribution in [3.63, 3.8) is 0 Å². The third kappa shape index (κ3) is 3.11. The van der Waals surface area contributed by atoms with Gasteiger partial charge in [-0.3, -0.25) is 0 Å². The van der Waals surface area contributed by atoms with Crippen LogP contribution in [0.2, 0.25) is 0 Å². The normalized spacial score (nSPS) is 12.3. The van der Waals surface area contributed by atoms with Gasteiger partial charge < -0.3 is 0 Å². The SMILES string of the molecule is O=c1n(S(=O)(=O)c2cc(F)ccc2F)ccn1S(=O)(=O)c1cc(F)ccc1F. The standard InChI is InChI=1S/C15H8F4N2O5S2/c16-9-1-3-11(18)13(7-9)27(23,24)20-5-6-21(15(20)22)28(25,26)14-8-10(17)2-4-12(14)19/h1-8H. The molecule has 0 atom stereocenters. The van der Waals surface area contributed by atoms with Crippen LogP contribution in [0.4, 0.5) is 17.6 Å². The topological polar surface area (TPSA) is 95.2 Å². The van der Waals surface area contributed by atoms with E-state index in [0.717, 1.165) is 0 Å². The molecule has 28 heavy (non-hydrogen) atoms. The second kappa shape index (κ2) is 6.60. The summed E-state index contributed by atoms with van der Waals surface area (Å²) in [7, 11) is -10.1. The Morgan fingerprint density at radius 3 is 1.36 bits per heavy atom. The molecule has 0 radical (unpaired) electrons. The predicted molar refractivity (Wildman–Crippen MR) is 86.6 cm³/mol. The van der Waals surface area contributed by atoms with E-state index in [1.54, 1.807) is 0 Å². The lowest BCUT2D eigenvalue weighted by Crippen LogP contribution is -2.33. The van der Waals surface area contributed by atoms with Crippen LogP contribution in [0, 0.1) is 23.3 Å². The zero-order valence-electron chi connectivity index (χ0n) is 13.4. The summed E-state index contributed by atoms with van der Waals surface area (Å²) in [6.45, 7) is 0. The fourth-order valence-electron chi connectivity index (χ4n) is 2.27. The van der Waals surface area contributed by atoms with E-state index in [2.05, 4.69) is 0 Å². The quantitative estimate of drug-likeness (QED) is 0.580. The van der Waals surface area contributed by atoms with Crippen molar-refractivity contribution in [1.82, 2.24) is 7.94 Å². The summed E-state index contributed by atoms with van der Waals surface area (Å²) in [5.74, 6) is -5.02. The van der Waals surface area contributed by atoms with Crippen molar-refractivity contribution in [3.05, 3.63) is 82.5 Å². The number of benzene rings is 2. The average Bonchev–Trinajstić information content (AvgIpc) is 3.02. The largest absolute Gasteiger partial charge is 0.356 e. The lowest BCUT2D eigenvalue weighted by molar-refractivity contribution is 0.545. The number of rotatable bonds is 4. The maximum absolute atomic E-state index is 13.8. The molecule has 7 nitrogen and oxygen atoms in total. The summed E-state index contributed by atoms with van der Waals surface area (Å²) < 4.78 is 104. The highest BCUT2D eigenvalue weighted by molar-refractivity contribution is 7.90. The van der Waals surface area contributed by atoms with E-state index < -0.39 is 58.8 Å². The summed E-state index contributed by atoms with van der Waals surface area (Å²) >= 11 is 0. The highest BCUT2D eigenvalue weighted by Crippen LogP contribution is 2.20. The van der Waals surface area contributed by atoms with Gasteiger partial charge in [-0.05, 0) is 36.4 Å². The molecule has 0 spiro atoms. The fourth-order valence-corrected chi connectivity index (χ4v) is 4.92. The Bertz CT molecular complexity index is 1260. The molecule has 0 aliphatic rings. The second-order valence-corrected chi connectivity index (χ2v) is 8.90. The van der Waals surface area contributed by atoms with Gasteiger partial charge in [-0.2, -0.15) is 7.94 Å². The third-order valence-electron chi connectivity index (χ3n) is 3.57.